The lowest BCUT2D eigenvalue weighted by molar-refractivity contribution is -0.139. The minimum Gasteiger partial charge on any atom is -0.508 e. The number of fused-ring (bicyclic) bond motifs is 2. The van der Waals surface area contributed by atoms with E-state index >= 15 is 0 Å². The summed E-state index contributed by atoms with van der Waals surface area (Å²) in [4.78, 5) is 40.2. The van der Waals surface area contributed by atoms with E-state index in [9.17, 15) is 23.9 Å². The number of benzene rings is 2. The summed E-state index contributed by atoms with van der Waals surface area (Å²) in [6.45, 7) is 1.43. The number of carbonyl (C=O) groups is 3. The standard InChI is InChI=1S/C26H24ClFN2O4/c1-14(31)19-12-29(21-7-6-17(32)11-18(19)21)13-25(34)30-22-9-16(22)10-23(30)24(33)8-5-15-3-2-4-20(27)26(15)28/h2-4,6-7,11-12,16,22-23,32H,5,8-10,13H2,1H3/t16?,22-,23+/m1/s1. The number of phenols is 1. The summed E-state index contributed by atoms with van der Waals surface area (Å²) >= 11 is 5.84. The highest BCUT2D eigenvalue weighted by atomic mass is 35.5. The number of halogens is 2. The molecule has 8 heteroatoms. The van der Waals surface area contributed by atoms with Gasteiger partial charge in [0.2, 0.25) is 5.91 Å². The summed E-state index contributed by atoms with van der Waals surface area (Å²) in [7, 11) is 0. The lowest BCUT2D eigenvalue weighted by Gasteiger charge is -2.27. The van der Waals surface area contributed by atoms with Crippen LogP contribution in [0.25, 0.3) is 10.9 Å². The van der Waals surface area contributed by atoms with Crippen LogP contribution in [0.3, 0.4) is 0 Å². The molecule has 1 unspecified atom stereocenters. The Morgan fingerprint density at radius 2 is 1.97 bits per heavy atom. The Labute approximate surface area is 200 Å². The van der Waals surface area contributed by atoms with Crippen molar-refractivity contribution < 1.29 is 23.9 Å². The zero-order chi connectivity index (χ0) is 24.1. The highest BCUT2D eigenvalue weighted by Gasteiger charge is 2.55. The number of piperidine rings is 1. The number of carbonyl (C=O) groups excluding carboxylic acids is 3. The summed E-state index contributed by atoms with van der Waals surface area (Å²) in [5.41, 5.74) is 1.49. The maximum absolute atomic E-state index is 14.2. The molecule has 1 amide bonds. The highest BCUT2D eigenvalue weighted by Crippen LogP contribution is 2.48. The first-order valence-electron chi connectivity index (χ1n) is 11.3. The van der Waals surface area contributed by atoms with Crippen molar-refractivity contribution in [2.24, 2.45) is 5.92 Å². The van der Waals surface area contributed by atoms with E-state index in [0.29, 0.717) is 34.4 Å². The number of amides is 1. The Hall–Kier alpha value is -3.19. The molecule has 1 saturated heterocycles. The number of aromatic nitrogens is 1. The van der Waals surface area contributed by atoms with E-state index in [1.54, 1.807) is 33.9 Å². The Bertz CT molecular complexity index is 1330. The molecule has 1 aliphatic carbocycles. The van der Waals surface area contributed by atoms with Gasteiger partial charge in [0.15, 0.2) is 11.6 Å². The van der Waals surface area contributed by atoms with Gasteiger partial charge in [-0.2, -0.15) is 0 Å². The summed E-state index contributed by atoms with van der Waals surface area (Å²) in [5.74, 6) is -0.560. The molecule has 0 radical (unpaired) electrons. The summed E-state index contributed by atoms with van der Waals surface area (Å²) in [6.07, 6.45) is 3.51. The van der Waals surface area contributed by atoms with Crippen molar-refractivity contribution in [3.8, 4) is 5.75 Å². The Morgan fingerprint density at radius 3 is 2.74 bits per heavy atom. The van der Waals surface area contributed by atoms with Crippen LogP contribution in [-0.4, -0.2) is 44.1 Å². The number of aromatic hydroxyl groups is 1. The number of likely N-dealkylation sites (tertiary alicyclic amines) is 1. The van der Waals surface area contributed by atoms with Gasteiger partial charge in [0, 0.05) is 35.1 Å². The molecule has 2 aliphatic rings. The van der Waals surface area contributed by atoms with E-state index in [0.717, 1.165) is 6.42 Å². The minimum atomic E-state index is -0.517. The van der Waals surface area contributed by atoms with Crippen molar-refractivity contribution in [3.05, 3.63) is 64.6 Å². The quantitative estimate of drug-likeness (QED) is 0.502. The van der Waals surface area contributed by atoms with Crippen molar-refractivity contribution in [2.45, 2.75) is 51.2 Å². The molecule has 2 heterocycles. The molecule has 1 aliphatic heterocycles. The third-order valence-corrected chi connectivity index (χ3v) is 7.28. The molecular formula is C26H24ClFN2O4. The van der Waals surface area contributed by atoms with Gasteiger partial charge >= 0.3 is 0 Å². The minimum absolute atomic E-state index is 0.00945. The van der Waals surface area contributed by atoms with Crippen LogP contribution in [0, 0.1) is 11.7 Å². The van der Waals surface area contributed by atoms with Gasteiger partial charge < -0.3 is 14.6 Å². The molecule has 6 nitrogen and oxygen atoms in total. The topological polar surface area (TPSA) is 79.6 Å². The van der Waals surface area contributed by atoms with Crippen LogP contribution in [0.5, 0.6) is 5.75 Å². The van der Waals surface area contributed by atoms with Crippen LogP contribution < -0.4 is 0 Å². The number of ketones is 2. The second-order valence-corrected chi connectivity index (χ2v) is 9.63. The zero-order valence-electron chi connectivity index (χ0n) is 18.6. The smallest absolute Gasteiger partial charge is 0.243 e. The summed E-state index contributed by atoms with van der Waals surface area (Å²) in [5, 5.41) is 10.5. The van der Waals surface area contributed by atoms with Crippen LogP contribution >= 0.6 is 11.6 Å². The van der Waals surface area contributed by atoms with Crippen LogP contribution in [-0.2, 0) is 22.6 Å². The Morgan fingerprint density at radius 1 is 1.18 bits per heavy atom. The summed E-state index contributed by atoms with van der Waals surface area (Å²) in [6, 6.07) is 8.99. The Kier molecular flexibility index (Phi) is 5.68. The first-order valence-corrected chi connectivity index (χ1v) is 11.7. The number of rotatable bonds is 7. The molecule has 34 heavy (non-hydrogen) atoms. The van der Waals surface area contributed by atoms with Crippen molar-refractivity contribution in [1.82, 2.24) is 9.47 Å². The van der Waals surface area contributed by atoms with Crippen LogP contribution in [0.4, 0.5) is 4.39 Å². The average Bonchev–Trinajstić information content (AvgIpc) is 3.31. The first-order chi connectivity index (χ1) is 16.2. The molecule has 2 aromatic carbocycles. The molecule has 1 aromatic heterocycles. The van der Waals surface area contributed by atoms with Crippen molar-refractivity contribution in [3.63, 3.8) is 0 Å². The van der Waals surface area contributed by atoms with E-state index in [-0.39, 0.29) is 53.7 Å². The number of nitrogens with zero attached hydrogens (tertiary/aromatic N) is 2. The maximum atomic E-state index is 14.2. The van der Waals surface area contributed by atoms with Crippen LogP contribution in [0.1, 0.15) is 42.1 Å². The van der Waals surface area contributed by atoms with E-state index in [2.05, 4.69) is 0 Å². The number of hydrogen-bond donors (Lipinski definition) is 1. The third kappa shape index (κ3) is 3.98. The molecule has 1 N–H and O–H groups in total. The number of Topliss-reactive ketones (excluding diaryl/α,β-unsaturated/α-hetero) is 2. The number of hydrogen-bond acceptors (Lipinski definition) is 4. The van der Waals surface area contributed by atoms with Crippen LogP contribution in [0.2, 0.25) is 5.02 Å². The third-order valence-electron chi connectivity index (χ3n) is 6.99. The van der Waals surface area contributed by atoms with Gasteiger partial charge in [-0.3, -0.25) is 14.4 Å². The lowest BCUT2D eigenvalue weighted by Crippen LogP contribution is -2.44. The predicted molar refractivity (Wildman–Crippen MR) is 125 cm³/mol. The maximum Gasteiger partial charge on any atom is 0.243 e. The van der Waals surface area contributed by atoms with Crippen LogP contribution in [0.15, 0.2) is 42.6 Å². The van der Waals surface area contributed by atoms with E-state index in [4.69, 9.17) is 11.6 Å². The molecule has 0 spiro atoms. The molecule has 2 fully saturated rings. The normalized spacial score (nSPS) is 21.0. The molecule has 5 rings (SSSR count). The fourth-order valence-corrected chi connectivity index (χ4v) is 5.39. The van der Waals surface area contributed by atoms with Gasteiger partial charge in [-0.25, -0.2) is 4.39 Å². The summed E-state index contributed by atoms with van der Waals surface area (Å²) < 4.78 is 15.9. The first kappa shape index (κ1) is 22.6. The second-order valence-electron chi connectivity index (χ2n) is 9.22. The molecule has 176 valence electrons. The molecule has 3 atom stereocenters. The van der Waals surface area contributed by atoms with Gasteiger partial charge in [-0.05, 0) is 61.9 Å². The lowest BCUT2D eigenvalue weighted by atomic mass is 10.00. The largest absolute Gasteiger partial charge is 0.508 e. The fourth-order valence-electron chi connectivity index (χ4n) is 5.19. The van der Waals surface area contributed by atoms with E-state index in [1.165, 1.54) is 25.1 Å². The molecule has 0 bridgehead atoms. The number of aryl methyl sites for hydroxylation is 1. The van der Waals surface area contributed by atoms with Crippen molar-refractivity contribution in [1.29, 1.82) is 0 Å². The van der Waals surface area contributed by atoms with Gasteiger partial charge in [0.05, 0.1) is 11.1 Å². The monoisotopic (exact) mass is 482 g/mol. The van der Waals surface area contributed by atoms with Gasteiger partial charge in [0.1, 0.15) is 18.1 Å². The molecular weight excluding hydrogens is 459 g/mol. The Balaban J connectivity index is 1.34. The van der Waals surface area contributed by atoms with Gasteiger partial charge in [-0.15, -0.1) is 0 Å². The molecule has 3 aromatic rings. The van der Waals surface area contributed by atoms with Gasteiger partial charge in [0.25, 0.3) is 0 Å². The van der Waals surface area contributed by atoms with Crippen molar-refractivity contribution in [2.75, 3.05) is 0 Å². The molecule has 1 saturated carbocycles. The second kappa shape index (κ2) is 8.55. The number of phenolic OH excluding ortho intramolecular Hbond substituents is 1. The zero-order valence-corrected chi connectivity index (χ0v) is 19.4. The van der Waals surface area contributed by atoms with Gasteiger partial charge in [-0.1, -0.05) is 23.7 Å². The van der Waals surface area contributed by atoms with E-state index in [1.807, 2.05) is 0 Å². The van der Waals surface area contributed by atoms with E-state index < -0.39 is 11.9 Å². The average molecular weight is 483 g/mol. The van der Waals surface area contributed by atoms with Crippen molar-refractivity contribution >= 4 is 40.0 Å². The SMILES string of the molecule is CC(=O)c1cn(CC(=O)N2[C@@H]3CC3C[C@H]2C(=O)CCc2cccc(Cl)c2F)c2ccc(O)cc12. The fraction of sp³-hybridized carbons (Fsp3) is 0.346. The highest BCUT2D eigenvalue weighted by molar-refractivity contribution is 6.30. The predicted octanol–water partition coefficient (Wildman–Crippen LogP) is 4.53.